The number of hydrogen-bond acceptors (Lipinski definition) is 4. The molecule has 3 rings (SSSR count). The van der Waals surface area contributed by atoms with Crippen molar-refractivity contribution >= 4 is 5.97 Å². The molecule has 116 valence electrons. The molecular formula is C17H25NO3. The fraction of sp³-hybridized carbons (Fsp3) is 0.706. The number of nitrogens with zero attached hydrogens (tertiary/aromatic N) is 1. The molecule has 2 saturated carbocycles. The summed E-state index contributed by atoms with van der Waals surface area (Å²) in [7, 11) is 3.52. The number of carbonyl (C=O) groups excluding carboxylic acids is 1. The third-order valence-corrected chi connectivity index (χ3v) is 5.49. The normalized spacial score (nSPS) is 29.0. The van der Waals surface area contributed by atoms with E-state index >= 15 is 0 Å². The Morgan fingerprint density at radius 2 is 2.24 bits per heavy atom. The highest BCUT2D eigenvalue weighted by Crippen LogP contribution is 2.48. The van der Waals surface area contributed by atoms with E-state index < -0.39 is 5.97 Å². The molecule has 4 atom stereocenters. The lowest BCUT2D eigenvalue weighted by Crippen LogP contribution is -2.30. The summed E-state index contributed by atoms with van der Waals surface area (Å²) in [6, 6.07) is 3.76. The Morgan fingerprint density at radius 3 is 2.86 bits per heavy atom. The second kappa shape index (κ2) is 5.84. The van der Waals surface area contributed by atoms with Gasteiger partial charge in [0.2, 0.25) is 5.76 Å². The lowest BCUT2D eigenvalue weighted by molar-refractivity contribution is 0.0558. The van der Waals surface area contributed by atoms with Crippen molar-refractivity contribution in [1.29, 1.82) is 0 Å². The van der Waals surface area contributed by atoms with Crippen molar-refractivity contribution in [3.05, 3.63) is 23.7 Å². The van der Waals surface area contributed by atoms with Crippen LogP contribution < -0.4 is 0 Å². The van der Waals surface area contributed by atoms with Gasteiger partial charge in [0.05, 0.1) is 13.2 Å². The molecule has 2 fully saturated rings. The van der Waals surface area contributed by atoms with Gasteiger partial charge >= 0.3 is 5.97 Å². The molecule has 2 aliphatic rings. The van der Waals surface area contributed by atoms with E-state index in [0.29, 0.717) is 0 Å². The largest absolute Gasteiger partial charge is 0.463 e. The first-order valence-electron chi connectivity index (χ1n) is 7.96. The third-order valence-electron chi connectivity index (χ3n) is 5.49. The molecule has 1 aromatic heterocycles. The van der Waals surface area contributed by atoms with Gasteiger partial charge in [-0.3, -0.25) is 4.90 Å². The van der Waals surface area contributed by atoms with Gasteiger partial charge in [0, 0.05) is 6.54 Å². The molecule has 0 saturated heterocycles. The Bertz CT molecular complexity index is 510. The van der Waals surface area contributed by atoms with E-state index in [-0.39, 0.29) is 11.8 Å². The molecule has 4 unspecified atom stereocenters. The van der Waals surface area contributed by atoms with Crippen LogP contribution in [0.3, 0.4) is 0 Å². The van der Waals surface area contributed by atoms with E-state index in [0.717, 1.165) is 30.1 Å². The number of ether oxygens (including phenoxy) is 1. The lowest BCUT2D eigenvalue weighted by atomic mass is 9.88. The van der Waals surface area contributed by atoms with Gasteiger partial charge in [-0.25, -0.2) is 4.79 Å². The molecule has 2 bridgehead atoms. The fourth-order valence-electron chi connectivity index (χ4n) is 4.13. The van der Waals surface area contributed by atoms with E-state index in [4.69, 9.17) is 4.42 Å². The van der Waals surface area contributed by atoms with Crippen LogP contribution in [0.5, 0.6) is 0 Å². The van der Waals surface area contributed by atoms with Crippen molar-refractivity contribution < 1.29 is 13.9 Å². The predicted molar refractivity (Wildman–Crippen MR) is 80.0 cm³/mol. The highest BCUT2D eigenvalue weighted by atomic mass is 16.5. The van der Waals surface area contributed by atoms with Crippen LogP contribution in [0.2, 0.25) is 0 Å². The molecular weight excluding hydrogens is 266 g/mol. The van der Waals surface area contributed by atoms with Crippen LogP contribution in [-0.4, -0.2) is 31.6 Å². The molecule has 2 aliphatic carbocycles. The molecule has 0 aromatic carbocycles. The van der Waals surface area contributed by atoms with E-state index in [1.807, 2.05) is 6.07 Å². The lowest BCUT2D eigenvalue weighted by Gasteiger charge is -2.30. The van der Waals surface area contributed by atoms with Crippen molar-refractivity contribution in [3.63, 3.8) is 0 Å². The van der Waals surface area contributed by atoms with Crippen molar-refractivity contribution in [3.8, 4) is 0 Å². The molecule has 0 radical (unpaired) electrons. The minimum atomic E-state index is -0.413. The van der Waals surface area contributed by atoms with E-state index in [1.165, 1.54) is 32.8 Å². The molecule has 4 nitrogen and oxygen atoms in total. The quantitative estimate of drug-likeness (QED) is 0.779. The molecule has 21 heavy (non-hydrogen) atoms. The minimum absolute atomic E-state index is 0.183. The standard InChI is InChI=1S/C17H25NO3/c1-11(15-6-7-16(21-15)17(19)20-3)18(2)10-14-9-12-4-5-13(14)8-12/h6-7,11-14H,4-5,8-10H2,1-3H3. The van der Waals surface area contributed by atoms with Gasteiger partial charge in [0.15, 0.2) is 0 Å². The van der Waals surface area contributed by atoms with Crippen molar-refractivity contribution in [1.82, 2.24) is 4.90 Å². The molecule has 0 aliphatic heterocycles. The SMILES string of the molecule is COC(=O)c1ccc(C(C)N(C)CC2CC3CCC2C3)o1. The minimum Gasteiger partial charge on any atom is -0.463 e. The van der Waals surface area contributed by atoms with Gasteiger partial charge in [-0.2, -0.15) is 0 Å². The van der Waals surface area contributed by atoms with Gasteiger partial charge in [0.1, 0.15) is 5.76 Å². The molecule has 0 spiro atoms. The summed E-state index contributed by atoms with van der Waals surface area (Å²) < 4.78 is 10.3. The second-order valence-electron chi connectivity index (χ2n) is 6.74. The maximum absolute atomic E-state index is 11.5. The zero-order chi connectivity index (χ0) is 15.0. The van der Waals surface area contributed by atoms with Gasteiger partial charge in [-0.15, -0.1) is 0 Å². The third kappa shape index (κ3) is 2.86. The van der Waals surface area contributed by atoms with Crippen LogP contribution in [0.25, 0.3) is 0 Å². The number of furan rings is 1. The summed E-state index contributed by atoms with van der Waals surface area (Å²) in [5, 5.41) is 0. The first kappa shape index (κ1) is 14.6. The Hall–Kier alpha value is -1.29. The van der Waals surface area contributed by atoms with Gasteiger partial charge in [0.25, 0.3) is 0 Å². The maximum atomic E-state index is 11.5. The van der Waals surface area contributed by atoms with Crippen molar-refractivity contribution in [2.24, 2.45) is 17.8 Å². The summed E-state index contributed by atoms with van der Waals surface area (Å²) in [5.74, 6) is 3.47. The summed E-state index contributed by atoms with van der Waals surface area (Å²) >= 11 is 0. The van der Waals surface area contributed by atoms with Crippen LogP contribution in [0, 0.1) is 17.8 Å². The average Bonchev–Trinajstić information content (AvgIpc) is 3.21. The van der Waals surface area contributed by atoms with Crippen molar-refractivity contribution in [2.45, 2.75) is 38.6 Å². The Morgan fingerprint density at radius 1 is 1.43 bits per heavy atom. The first-order valence-corrected chi connectivity index (χ1v) is 7.96. The number of esters is 1. The zero-order valence-corrected chi connectivity index (χ0v) is 13.2. The fourth-order valence-corrected chi connectivity index (χ4v) is 4.13. The number of carbonyl (C=O) groups is 1. The van der Waals surface area contributed by atoms with E-state index in [9.17, 15) is 4.79 Å². The van der Waals surface area contributed by atoms with Crippen LogP contribution in [0.4, 0.5) is 0 Å². The Kier molecular flexibility index (Phi) is 4.07. The summed E-state index contributed by atoms with van der Waals surface area (Å²) in [4.78, 5) is 13.8. The van der Waals surface area contributed by atoms with E-state index in [1.54, 1.807) is 6.07 Å². The van der Waals surface area contributed by atoms with E-state index in [2.05, 4.69) is 23.6 Å². The first-order chi connectivity index (χ1) is 10.1. The topological polar surface area (TPSA) is 42.7 Å². The number of rotatable bonds is 5. The molecule has 0 amide bonds. The zero-order valence-electron chi connectivity index (χ0n) is 13.2. The van der Waals surface area contributed by atoms with Crippen LogP contribution in [-0.2, 0) is 4.74 Å². The summed E-state index contributed by atoms with van der Waals surface area (Å²) in [6.45, 7) is 3.25. The number of fused-ring (bicyclic) bond motifs is 2. The van der Waals surface area contributed by atoms with Gasteiger partial charge in [-0.05, 0) is 63.1 Å². The second-order valence-corrected chi connectivity index (χ2v) is 6.74. The highest BCUT2D eigenvalue weighted by molar-refractivity contribution is 5.86. The Labute approximate surface area is 126 Å². The van der Waals surface area contributed by atoms with Crippen LogP contribution in [0.1, 0.15) is 55.0 Å². The highest BCUT2D eigenvalue weighted by Gasteiger charge is 2.40. The summed E-state index contributed by atoms with van der Waals surface area (Å²) in [6.07, 6.45) is 5.71. The van der Waals surface area contributed by atoms with Gasteiger partial charge < -0.3 is 9.15 Å². The van der Waals surface area contributed by atoms with Crippen LogP contribution in [0.15, 0.2) is 16.5 Å². The predicted octanol–water partition coefficient (Wildman–Crippen LogP) is 3.50. The van der Waals surface area contributed by atoms with Crippen molar-refractivity contribution in [2.75, 3.05) is 20.7 Å². The average molecular weight is 291 g/mol. The molecule has 1 heterocycles. The molecule has 0 N–H and O–H groups in total. The van der Waals surface area contributed by atoms with Crippen LogP contribution >= 0.6 is 0 Å². The monoisotopic (exact) mass is 291 g/mol. The molecule has 1 aromatic rings. The molecule has 4 heteroatoms. The smallest absolute Gasteiger partial charge is 0.373 e. The maximum Gasteiger partial charge on any atom is 0.373 e. The number of hydrogen-bond donors (Lipinski definition) is 0. The Balaban J connectivity index is 1.60. The summed E-state index contributed by atoms with van der Waals surface area (Å²) in [5.41, 5.74) is 0. The van der Waals surface area contributed by atoms with Gasteiger partial charge in [-0.1, -0.05) is 6.42 Å². The number of methoxy groups -OCH3 is 1.